The minimum absolute atomic E-state index is 0.0387. The number of halogens is 2. The van der Waals surface area contributed by atoms with Crippen LogP contribution in [-0.4, -0.2) is 41.8 Å². The Hall–Kier alpha value is -3.00. The average molecular weight is 490 g/mol. The van der Waals surface area contributed by atoms with Gasteiger partial charge < -0.3 is 19.9 Å². The molecule has 6 nitrogen and oxygen atoms in total. The summed E-state index contributed by atoms with van der Waals surface area (Å²) < 4.78 is 39.1. The molecule has 2 aromatic rings. The van der Waals surface area contributed by atoms with Crippen LogP contribution in [0.4, 0.5) is 8.78 Å². The van der Waals surface area contributed by atoms with Crippen LogP contribution in [0.2, 0.25) is 0 Å². The van der Waals surface area contributed by atoms with Gasteiger partial charge in [0.05, 0.1) is 0 Å². The Morgan fingerprint density at radius 1 is 1.17 bits per heavy atom. The summed E-state index contributed by atoms with van der Waals surface area (Å²) in [5.74, 6) is -3.67. The predicted octanol–water partition coefficient (Wildman–Crippen LogP) is 4.47. The Morgan fingerprint density at radius 2 is 1.83 bits per heavy atom. The molecule has 1 aliphatic carbocycles. The van der Waals surface area contributed by atoms with E-state index >= 15 is 0 Å². The Bertz CT molecular complexity index is 1030. The normalized spacial score (nSPS) is 14.4. The zero-order valence-corrected chi connectivity index (χ0v) is 20.4. The third-order valence-electron chi connectivity index (χ3n) is 6.18. The molecule has 190 valence electrons. The highest BCUT2D eigenvalue weighted by Gasteiger charge is 2.29. The summed E-state index contributed by atoms with van der Waals surface area (Å²) in [5.41, 5.74) is 2.83. The molecule has 0 spiro atoms. The van der Waals surface area contributed by atoms with E-state index in [1.54, 1.807) is 0 Å². The van der Waals surface area contributed by atoms with Crippen molar-refractivity contribution in [1.82, 2.24) is 5.32 Å². The van der Waals surface area contributed by atoms with Gasteiger partial charge >= 0.3 is 11.9 Å². The largest absolute Gasteiger partial charge is 0.486 e. The molecule has 0 unspecified atom stereocenters. The number of nitrogens with one attached hydrogen (secondary N) is 1. The SMILES string of the molecule is CC(=O)O[C@@H](CNC(C)(C)CC1Cc2ccccc2C1)COc1cc(CCC(=O)O)cc(F)c1F. The number of carbonyl (C=O) groups excluding carboxylic acids is 1. The molecule has 1 atom stereocenters. The predicted molar refractivity (Wildman–Crippen MR) is 127 cm³/mol. The van der Waals surface area contributed by atoms with E-state index in [1.807, 2.05) is 0 Å². The second kappa shape index (κ2) is 11.6. The lowest BCUT2D eigenvalue weighted by atomic mass is 9.88. The zero-order valence-electron chi connectivity index (χ0n) is 20.4. The maximum atomic E-state index is 14.3. The summed E-state index contributed by atoms with van der Waals surface area (Å²) in [7, 11) is 0. The molecule has 0 aliphatic heterocycles. The van der Waals surface area contributed by atoms with Gasteiger partial charge in [-0.25, -0.2) is 4.39 Å². The van der Waals surface area contributed by atoms with Gasteiger partial charge in [0, 0.05) is 25.4 Å². The fourth-order valence-corrected chi connectivity index (χ4v) is 4.65. The number of aliphatic carboxylic acids is 1. The molecule has 35 heavy (non-hydrogen) atoms. The number of carboxylic acids is 1. The van der Waals surface area contributed by atoms with E-state index < -0.39 is 29.7 Å². The van der Waals surface area contributed by atoms with Crippen LogP contribution in [0.1, 0.15) is 50.3 Å². The van der Waals surface area contributed by atoms with Crippen molar-refractivity contribution in [2.75, 3.05) is 13.2 Å². The van der Waals surface area contributed by atoms with Crippen molar-refractivity contribution in [2.24, 2.45) is 5.92 Å². The first-order valence-corrected chi connectivity index (χ1v) is 11.8. The molecule has 0 fully saturated rings. The van der Waals surface area contributed by atoms with E-state index in [9.17, 15) is 18.4 Å². The number of benzene rings is 2. The molecule has 0 amide bonds. The third-order valence-corrected chi connectivity index (χ3v) is 6.18. The van der Waals surface area contributed by atoms with Crippen molar-refractivity contribution in [3.8, 4) is 5.75 Å². The fourth-order valence-electron chi connectivity index (χ4n) is 4.65. The van der Waals surface area contributed by atoms with Gasteiger partial charge in [0.1, 0.15) is 12.7 Å². The van der Waals surface area contributed by atoms with E-state index in [-0.39, 0.29) is 37.3 Å². The maximum absolute atomic E-state index is 14.3. The lowest BCUT2D eigenvalue weighted by molar-refractivity contribution is -0.147. The molecule has 2 aromatic carbocycles. The van der Waals surface area contributed by atoms with Crippen LogP contribution in [0.3, 0.4) is 0 Å². The summed E-state index contributed by atoms with van der Waals surface area (Å²) in [6, 6.07) is 10.7. The Morgan fingerprint density at radius 3 is 2.43 bits per heavy atom. The summed E-state index contributed by atoms with van der Waals surface area (Å²) in [4.78, 5) is 22.4. The van der Waals surface area contributed by atoms with Crippen LogP contribution in [0.5, 0.6) is 5.75 Å². The molecule has 0 aromatic heterocycles. The monoisotopic (exact) mass is 489 g/mol. The standard InChI is InChI=1S/C27H33F2NO5/c1-17(31)35-22(16-34-24-13-18(8-9-25(32)33)12-23(28)26(24)29)15-30-27(2,3)14-19-10-20-6-4-5-7-21(20)11-19/h4-7,12-13,19,22,30H,8-11,14-16H2,1-3H3,(H,32,33)/t22-/m0/s1. The van der Waals surface area contributed by atoms with Gasteiger partial charge in [-0.15, -0.1) is 0 Å². The third kappa shape index (κ3) is 8.02. The number of carboxylic acid groups (broad SMARTS) is 1. The number of aryl methyl sites for hydroxylation is 1. The van der Waals surface area contributed by atoms with E-state index in [2.05, 4.69) is 43.4 Å². The number of ether oxygens (including phenoxy) is 2. The first kappa shape index (κ1) is 26.6. The van der Waals surface area contributed by atoms with Crippen molar-refractivity contribution in [1.29, 1.82) is 0 Å². The number of carbonyl (C=O) groups is 2. The highest BCUT2D eigenvalue weighted by atomic mass is 19.2. The van der Waals surface area contributed by atoms with Gasteiger partial charge in [0.25, 0.3) is 0 Å². The average Bonchev–Trinajstić information content (AvgIpc) is 3.18. The molecule has 3 rings (SSSR count). The molecule has 0 radical (unpaired) electrons. The van der Waals surface area contributed by atoms with Gasteiger partial charge in [-0.3, -0.25) is 9.59 Å². The highest BCUT2D eigenvalue weighted by Crippen LogP contribution is 2.32. The van der Waals surface area contributed by atoms with Crippen molar-refractivity contribution in [3.05, 3.63) is 64.7 Å². The van der Waals surface area contributed by atoms with Crippen LogP contribution in [0.25, 0.3) is 0 Å². The number of esters is 1. The maximum Gasteiger partial charge on any atom is 0.303 e. The first-order chi connectivity index (χ1) is 16.5. The minimum Gasteiger partial charge on any atom is -0.486 e. The highest BCUT2D eigenvalue weighted by molar-refractivity contribution is 5.67. The molecule has 8 heteroatoms. The second-order valence-electron chi connectivity index (χ2n) is 9.84. The molecule has 0 bridgehead atoms. The number of hydrogen-bond acceptors (Lipinski definition) is 5. The molecule has 0 heterocycles. The van der Waals surface area contributed by atoms with E-state index in [0.717, 1.165) is 25.3 Å². The van der Waals surface area contributed by atoms with Crippen molar-refractivity contribution >= 4 is 11.9 Å². The minimum atomic E-state index is -1.17. The Labute approximate surface area is 204 Å². The molecule has 0 saturated heterocycles. The summed E-state index contributed by atoms with van der Waals surface area (Å²) in [6.45, 7) is 5.54. The molecule has 0 saturated carbocycles. The van der Waals surface area contributed by atoms with Crippen LogP contribution < -0.4 is 10.1 Å². The molecule has 1 aliphatic rings. The van der Waals surface area contributed by atoms with Gasteiger partial charge in [0.15, 0.2) is 11.6 Å². The lowest BCUT2D eigenvalue weighted by Crippen LogP contribution is -2.47. The van der Waals surface area contributed by atoms with Crippen molar-refractivity contribution < 1.29 is 33.0 Å². The number of fused-ring (bicyclic) bond motifs is 1. The summed E-state index contributed by atoms with van der Waals surface area (Å²) in [5, 5.41) is 12.3. The van der Waals surface area contributed by atoms with Gasteiger partial charge in [-0.2, -0.15) is 4.39 Å². The van der Waals surface area contributed by atoms with Crippen LogP contribution in [0, 0.1) is 17.6 Å². The van der Waals surface area contributed by atoms with Gasteiger partial charge in [-0.05, 0) is 74.3 Å². The van der Waals surface area contributed by atoms with Crippen LogP contribution in [0.15, 0.2) is 36.4 Å². The molecule has 2 N–H and O–H groups in total. The fraction of sp³-hybridized carbons (Fsp3) is 0.481. The number of rotatable bonds is 12. The van der Waals surface area contributed by atoms with Gasteiger partial charge in [0.2, 0.25) is 5.82 Å². The van der Waals surface area contributed by atoms with E-state index in [0.29, 0.717) is 11.5 Å². The van der Waals surface area contributed by atoms with Gasteiger partial charge in [-0.1, -0.05) is 24.3 Å². The topological polar surface area (TPSA) is 84.9 Å². The molecular formula is C27H33F2NO5. The Kier molecular flexibility index (Phi) is 8.83. The second-order valence-corrected chi connectivity index (χ2v) is 9.84. The van der Waals surface area contributed by atoms with Crippen LogP contribution in [-0.2, 0) is 33.6 Å². The number of hydrogen-bond donors (Lipinski definition) is 2. The lowest BCUT2D eigenvalue weighted by Gasteiger charge is -2.31. The van der Waals surface area contributed by atoms with Crippen molar-refractivity contribution in [3.63, 3.8) is 0 Å². The molecular weight excluding hydrogens is 456 g/mol. The summed E-state index contributed by atoms with van der Waals surface area (Å²) >= 11 is 0. The van der Waals surface area contributed by atoms with Crippen LogP contribution >= 0.6 is 0 Å². The summed E-state index contributed by atoms with van der Waals surface area (Å²) in [6.07, 6.45) is 2.07. The first-order valence-electron chi connectivity index (χ1n) is 11.8. The Balaban J connectivity index is 1.58. The zero-order chi connectivity index (χ0) is 25.6. The van der Waals surface area contributed by atoms with E-state index in [4.69, 9.17) is 14.6 Å². The van der Waals surface area contributed by atoms with Crippen molar-refractivity contribution in [2.45, 2.75) is 64.5 Å². The van der Waals surface area contributed by atoms with E-state index in [1.165, 1.54) is 24.1 Å². The smallest absolute Gasteiger partial charge is 0.303 e. The quantitative estimate of drug-likeness (QED) is 0.428.